The molecule has 2 aromatic heterocycles. The van der Waals surface area contributed by atoms with Crippen LogP contribution >= 0.6 is 11.3 Å². The van der Waals surface area contributed by atoms with Crippen LogP contribution in [-0.2, 0) is 14.3 Å². The molecular formula is C26H29N3O7S. The summed E-state index contributed by atoms with van der Waals surface area (Å²) in [5.41, 5.74) is -0.183. The number of carboxylic acid groups (broad SMARTS) is 1. The first-order valence-corrected chi connectivity index (χ1v) is 12.6. The maximum atomic E-state index is 13.8. The minimum Gasteiger partial charge on any atom is -0.480 e. The SMILES string of the molecule is Cc1c(-c2ncco2)sc2c1C(=O)N(C(C)(C)C(=O)O)C(=O)CN2C[C@H](OC[C@H](C)O)c1ccccc1. The van der Waals surface area contributed by atoms with Gasteiger partial charge in [0.05, 0.1) is 35.9 Å². The summed E-state index contributed by atoms with van der Waals surface area (Å²) in [7, 11) is 0. The van der Waals surface area contributed by atoms with E-state index >= 15 is 0 Å². The standard InChI is InChI=1S/C26H29N3O7S/c1-15(30)14-36-18(17-8-6-5-7-9-17)12-28-13-19(31)29(26(3,4)25(33)34)23(32)20-16(2)21(37-24(20)28)22-27-10-11-35-22/h5-11,15,18,30H,12-14H2,1-4H3,(H,33,34)/t15-,18-/m0/s1. The molecule has 0 fully saturated rings. The second-order valence-corrected chi connectivity index (χ2v) is 10.4. The molecule has 0 saturated carbocycles. The molecule has 37 heavy (non-hydrogen) atoms. The zero-order valence-electron chi connectivity index (χ0n) is 21.0. The van der Waals surface area contributed by atoms with E-state index < -0.39 is 35.5 Å². The van der Waals surface area contributed by atoms with Crippen LogP contribution in [0.5, 0.6) is 0 Å². The Hall–Kier alpha value is -3.54. The lowest BCUT2D eigenvalue weighted by molar-refractivity contribution is -0.153. The molecule has 0 saturated heterocycles. The lowest BCUT2D eigenvalue weighted by Gasteiger charge is -2.33. The lowest BCUT2D eigenvalue weighted by atomic mass is 10.0. The summed E-state index contributed by atoms with van der Waals surface area (Å²) in [6.45, 7) is 6.00. The summed E-state index contributed by atoms with van der Waals surface area (Å²) in [4.78, 5) is 46.7. The van der Waals surface area contributed by atoms with Crippen molar-refractivity contribution in [2.75, 3.05) is 24.6 Å². The zero-order valence-corrected chi connectivity index (χ0v) is 21.8. The number of aliphatic hydroxyl groups excluding tert-OH is 1. The minimum absolute atomic E-state index is 0.0658. The van der Waals surface area contributed by atoms with Crippen LogP contribution in [0, 0.1) is 6.92 Å². The van der Waals surface area contributed by atoms with Crippen LogP contribution in [0.25, 0.3) is 10.8 Å². The van der Waals surface area contributed by atoms with Crippen molar-refractivity contribution in [2.45, 2.75) is 45.4 Å². The van der Waals surface area contributed by atoms with E-state index in [1.165, 1.54) is 37.6 Å². The summed E-state index contributed by atoms with van der Waals surface area (Å²) >= 11 is 1.25. The number of thiophene rings is 1. The molecule has 0 aliphatic carbocycles. The smallest absolute Gasteiger partial charge is 0.329 e. The van der Waals surface area contributed by atoms with E-state index in [0.29, 0.717) is 21.3 Å². The van der Waals surface area contributed by atoms with Crippen molar-refractivity contribution in [3.8, 4) is 10.8 Å². The molecule has 0 unspecified atom stereocenters. The largest absolute Gasteiger partial charge is 0.480 e. The Labute approximate surface area is 218 Å². The van der Waals surface area contributed by atoms with Gasteiger partial charge in [-0.2, -0.15) is 0 Å². The van der Waals surface area contributed by atoms with E-state index in [-0.39, 0.29) is 25.3 Å². The molecule has 2 N–H and O–H groups in total. The fraction of sp³-hybridized carbons (Fsp3) is 0.385. The van der Waals surface area contributed by atoms with Gasteiger partial charge in [-0.25, -0.2) is 9.78 Å². The predicted octanol–water partition coefficient (Wildman–Crippen LogP) is 3.50. The van der Waals surface area contributed by atoms with Gasteiger partial charge in [0.15, 0.2) is 0 Å². The van der Waals surface area contributed by atoms with E-state index in [1.54, 1.807) is 18.7 Å². The number of aliphatic hydroxyl groups is 1. The van der Waals surface area contributed by atoms with Crippen molar-refractivity contribution in [1.82, 2.24) is 9.88 Å². The van der Waals surface area contributed by atoms with Crippen LogP contribution < -0.4 is 4.90 Å². The highest BCUT2D eigenvalue weighted by Crippen LogP contribution is 2.44. The fourth-order valence-electron chi connectivity index (χ4n) is 4.23. The number of hydrogen-bond donors (Lipinski definition) is 2. The number of nitrogens with zero attached hydrogens (tertiary/aromatic N) is 3. The average molecular weight is 528 g/mol. The van der Waals surface area contributed by atoms with Gasteiger partial charge in [-0.15, -0.1) is 11.3 Å². The first-order valence-electron chi connectivity index (χ1n) is 11.8. The first-order chi connectivity index (χ1) is 17.5. The number of oxazole rings is 1. The van der Waals surface area contributed by atoms with Gasteiger partial charge >= 0.3 is 5.97 Å². The molecule has 11 heteroatoms. The normalized spacial score (nSPS) is 15.9. The maximum Gasteiger partial charge on any atom is 0.329 e. The Morgan fingerprint density at radius 1 is 1.27 bits per heavy atom. The fourth-order valence-corrected chi connectivity index (χ4v) is 5.48. The molecular weight excluding hydrogens is 498 g/mol. The summed E-state index contributed by atoms with van der Waals surface area (Å²) in [6, 6.07) is 9.37. The second kappa shape index (κ2) is 10.4. The number of carbonyl (C=O) groups is 3. The molecule has 196 valence electrons. The van der Waals surface area contributed by atoms with Crippen LogP contribution in [0.2, 0.25) is 0 Å². The summed E-state index contributed by atoms with van der Waals surface area (Å²) in [5, 5.41) is 20.2. The lowest BCUT2D eigenvalue weighted by Crippen LogP contribution is -2.57. The van der Waals surface area contributed by atoms with E-state index in [0.717, 1.165) is 10.5 Å². The molecule has 3 aromatic rings. The van der Waals surface area contributed by atoms with Gasteiger partial charge in [-0.3, -0.25) is 14.5 Å². The van der Waals surface area contributed by atoms with Crippen molar-refractivity contribution in [2.24, 2.45) is 0 Å². The third-order valence-corrected chi connectivity index (χ3v) is 7.55. The van der Waals surface area contributed by atoms with Crippen molar-refractivity contribution in [1.29, 1.82) is 0 Å². The van der Waals surface area contributed by atoms with Crippen LogP contribution in [0.4, 0.5) is 5.00 Å². The monoisotopic (exact) mass is 527 g/mol. The molecule has 3 heterocycles. The number of carbonyl (C=O) groups excluding carboxylic acids is 2. The number of hydrogen-bond acceptors (Lipinski definition) is 9. The number of aromatic nitrogens is 1. The molecule has 1 aliphatic heterocycles. The molecule has 0 spiro atoms. The highest BCUT2D eigenvalue weighted by atomic mass is 32.1. The van der Waals surface area contributed by atoms with Crippen molar-refractivity contribution < 1.29 is 33.8 Å². The number of fused-ring (bicyclic) bond motifs is 1. The Morgan fingerprint density at radius 3 is 2.57 bits per heavy atom. The molecule has 0 radical (unpaired) electrons. The number of ether oxygens (including phenoxy) is 1. The Morgan fingerprint density at radius 2 is 1.97 bits per heavy atom. The summed E-state index contributed by atoms with van der Waals surface area (Å²) in [6.07, 6.45) is 1.68. The zero-order chi connectivity index (χ0) is 26.9. The van der Waals surface area contributed by atoms with Crippen LogP contribution in [0.3, 0.4) is 0 Å². The average Bonchev–Trinajstić information content (AvgIpc) is 3.46. The van der Waals surface area contributed by atoms with Gasteiger partial charge in [-0.05, 0) is 38.8 Å². The van der Waals surface area contributed by atoms with E-state index in [4.69, 9.17) is 9.15 Å². The second-order valence-electron chi connectivity index (χ2n) is 9.43. The molecule has 0 bridgehead atoms. The maximum absolute atomic E-state index is 13.8. The van der Waals surface area contributed by atoms with Gasteiger partial charge in [0.25, 0.3) is 5.91 Å². The number of amides is 2. The van der Waals surface area contributed by atoms with Gasteiger partial charge in [0.1, 0.15) is 22.9 Å². The highest BCUT2D eigenvalue weighted by Gasteiger charge is 2.47. The molecule has 1 aliphatic rings. The Kier molecular flexibility index (Phi) is 7.49. The number of benzene rings is 1. The molecule has 1 aromatic carbocycles. The van der Waals surface area contributed by atoms with Gasteiger partial charge < -0.3 is 24.3 Å². The van der Waals surface area contributed by atoms with Crippen molar-refractivity contribution >= 4 is 34.1 Å². The first kappa shape index (κ1) is 26.5. The topological polar surface area (TPSA) is 133 Å². The molecule has 4 rings (SSSR count). The van der Waals surface area contributed by atoms with Gasteiger partial charge in [-0.1, -0.05) is 30.3 Å². The Balaban J connectivity index is 1.83. The van der Waals surface area contributed by atoms with E-state index in [1.807, 2.05) is 30.3 Å². The minimum atomic E-state index is -1.78. The molecule has 2 atom stereocenters. The van der Waals surface area contributed by atoms with Gasteiger partial charge in [0.2, 0.25) is 11.8 Å². The van der Waals surface area contributed by atoms with E-state index in [9.17, 15) is 24.6 Å². The highest BCUT2D eigenvalue weighted by molar-refractivity contribution is 7.20. The van der Waals surface area contributed by atoms with E-state index in [2.05, 4.69) is 4.98 Å². The number of carboxylic acids is 1. The number of rotatable bonds is 9. The van der Waals surface area contributed by atoms with Crippen LogP contribution in [0.1, 0.15) is 48.4 Å². The number of imide groups is 1. The van der Waals surface area contributed by atoms with Crippen molar-refractivity contribution in [3.05, 3.63) is 59.5 Å². The predicted molar refractivity (Wildman–Crippen MR) is 136 cm³/mol. The quantitative estimate of drug-likeness (QED) is 0.401. The third-order valence-electron chi connectivity index (χ3n) is 6.21. The van der Waals surface area contributed by atoms with Crippen LogP contribution in [0.15, 0.2) is 47.2 Å². The third kappa shape index (κ3) is 5.15. The summed E-state index contributed by atoms with van der Waals surface area (Å²) < 4.78 is 11.5. The van der Waals surface area contributed by atoms with Crippen LogP contribution in [-0.4, -0.2) is 69.2 Å². The Bertz CT molecular complexity index is 1280. The molecule has 2 amide bonds. The summed E-state index contributed by atoms with van der Waals surface area (Å²) in [5.74, 6) is -2.31. The number of anilines is 1. The van der Waals surface area contributed by atoms with Crippen molar-refractivity contribution in [3.63, 3.8) is 0 Å². The van der Waals surface area contributed by atoms with Gasteiger partial charge in [0, 0.05) is 6.54 Å². The number of aliphatic carboxylic acids is 1. The molecule has 10 nitrogen and oxygen atoms in total.